The van der Waals surface area contributed by atoms with Gasteiger partial charge in [-0.15, -0.1) is 0 Å². The molecule has 21 heavy (non-hydrogen) atoms. The molecule has 10 heteroatoms. The number of sulfone groups is 1. The van der Waals surface area contributed by atoms with Crippen LogP contribution in [0.3, 0.4) is 0 Å². The number of hydrogen-bond donors (Lipinski definition) is 0. The Hall–Kier alpha value is -0.310. The van der Waals surface area contributed by atoms with Crippen LogP contribution in [0.5, 0.6) is 0 Å². The van der Waals surface area contributed by atoms with E-state index in [1.165, 1.54) is 4.68 Å². The molecule has 1 aromatic rings. The van der Waals surface area contributed by atoms with E-state index in [4.69, 9.17) is 22.3 Å². The van der Waals surface area contributed by atoms with Gasteiger partial charge in [-0.3, -0.25) is 4.68 Å². The summed E-state index contributed by atoms with van der Waals surface area (Å²) in [5.74, 6) is 0.0000859. The van der Waals surface area contributed by atoms with Gasteiger partial charge >= 0.3 is 0 Å². The normalized spacial score (nSPS) is 13.0. The van der Waals surface area contributed by atoms with Crippen LogP contribution in [-0.2, 0) is 31.9 Å². The highest BCUT2D eigenvalue weighted by Crippen LogP contribution is 2.30. The van der Waals surface area contributed by atoms with Gasteiger partial charge in [0.15, 0.2) is 9.84 Å². The van der Waals surface area contributed by atoms with Gasteiger partial charge in [-0.05, 0) is 12.3 Å². The first-order valence-electron chi connectivity index (χ1n) is 6.38. The first-order valence-corrected chi connectivity index (χ1v) is 10.9. The van der Waals surface area contributed by atoms with Crippen LogP contribution in [0.15, 0.2) is 4.90 Å². The summed E-state index contributed by atoms with van der Waals surface area (Å²) in [5, 5.41) is 3.96. The van der Waals surface area contributed by atoms with E-state index in [2.05, 4.69) is 5.10 Å². The van der Waals surface area contributed by atoms with Crippen LogP contribution in [0, 0.1) is 5.92 Å². The Labute approximate surface area is 134 Å². The summed E-state index contributed by atoms with van der Waals surface area (Å²) in [6, 6.07) is 0. The third-order valence-electron chi connectivity index (χ3n) is 2.82. The molecule has 1 rings (SSSR count). The molecule has 0 aliphatic carbocycles. The minimum Gasteiger partial charge on any atom is -0.251 e. The van der Waals surface area contributed by atoms with Gasteiger partial charge in [0, 0.05) is 16.4 Å². The maximum atomic E-state index is 11.6. The van der Waals surface area contributed by atoms with Crippen molar-refractivity contribution in [3.63, 3.8) is 0 Å². The van der Waals surface area contributed by atoms with Crippen LogP contribution >= 0.6 is 22.3 Å². The Kier molecular flexibility index (Phi) is 6.11. The van der Waals surface area contributed by atoms with Crippen molar-refractivity contribution in [1.29, 1.82) is 0 Å². The second-order valence-corrected chi connectivity index (χ2v) is 10.4. The molecular formula is C11H18Cl2N2O4S2. The lowest BCUT2D eigenvalue weighted by Crippen LogP contribution is -2.15. The quantitative estimate of drug-likeness (QED) is 0.680. The highest BCUT2D eigenvalue weighted by atomic mass is 35.7. The van der Waals surface area contributed by atoms with Gasteiger partial charge in [-0.25, -0.2) is 16.8 Å². The summed E-state index contributed by atoms with van der Waals surface area (Å²) in [6.07, 6.45) is 0.383. The van der Waals surface area contributed by atoms with Gasteiger partial charge < -0.3 is 0 Å². The predicted molar refractivity (Wildman–Crippen MR) is 83.1 cm³/mol. The maximum Gasteiger partial charge on any atom is 0.266 e. The fourth-order valence-corrected chi connectivity index (χ4v) is 4.34. The smallest absolute Gasteiger partial charge is 0.251 e. The molecule has 0 unspecified atom stereocenters. The lowest BCUT2D eigenvalue weighted by Gasteiger charge is -2.03. The third kappa shape index (κ3) is 5.12. The second kappa shape index (κ2) is 6.85. The number of aromatic nitrogens is 2. The van der Waals surface area contributed by atoms with Crippen LogP contribution in [0.2, 0.25) is 5.15 Å². The van der Waals surface area contributed by atoms with E-state index in [0.29, 0.717) is 6.42 Å². The number of rotatable bonds is 7. The molecule has 1 aromatic heterocycles. The maximum absolute atomic E-state index is 11.6. The van der Waals surface area contributed by atoms with E-state index in [-0.39, 0.29) is 39.7 Å². The monoisotopic (exact) mass is 376 g/mol. The molecule has 0 saturated heterocycles. The summed E-state index contributed by atoms with van der Waals surface area (Å²) >= 11 is 6.01. The predicted octanol–water partition coefficient (Wildman–Crippen LogP) is 2.10. The number of hydrogen-bond acceptors (Lipinski definition) is 5. The fourth-order valence-electron chi connectivity index (χ4n) is 1.75. The fraction of sp³-hybridized carbons (Fsp3) is 0.727. The highest BCUT2D eigenvalue weighted by molar-refractivity contribution is 8.13. The van der Waals surface area contributed by atoms with Crippen molar-refractivity contribution < 1.29 is 16.8 Å². The molecule has 122 valence electrons. The van der Waals surface area contributed by atoms with Gasteiger partial charge in [-0.1, -0.05) is 32.4 Å². The Morgan fingerprint density at radius 3 is 2.24 bits per heavy atom. The highest BCUT2D eigenvalue weighted by Gasteiger charge is 2.27. The molecule has 0 saturated carbocycles. The molecule has 0 N–H and O–H groups in total. The molecule has 0 bridgehead atoms. The largest absolute Gasteiger partial charge is 0.266 e. The summed E-state index contributed by atoms with van der Waals surface area (Å²) in [4.78, 5) is -0.228. The molecule has 0 fully saturated rings. The van der Waals surface area contributed by atoms with Crippen LogP contribution in [0.25, 0.3) is 0 Å². The van der Waals surface area contributed by atoms with E-state index < -0.39 is 18.9 Å². The molecule has 1 heterocycles. The Bertz CT molecular complexity index is 709. The molecular weight excluding hydrogens is 359 g/mol. The minimum atomic E-state index is -4.04. The SMILES string of the molecule is CCS(=O)(=O)CCn1nc(CC(C)C)c(S(=O)(=O)Cl)c1Cl. The van der Waals surface area contributed by atoms with E-state index in [1.807, 2.05) is 13.8 Å². The van der Waals surface area contributed by atoms with Gasteiger partial charge in [0.1, 0.15) is 10.0 Å². The van der Waals surface area contributed by atoms with Gasteiger partial charge in [0.25, 0.3) is 9.05 Å². The first-order chi connectivity index (χ1) is 9.48. The Morgan fingerprint density at radius 2 is 1.81 bits per heavy atom. The van der Waals surface area contributed by atoms with Crippen LogP contribution in [0.1, 0.15) is 26.5 Å². The molecule has 0 aliphatic rings. The van der Waals surface area contributed by atoms with Crippen molar-refractivity contribution in [2.24, 2.45) is 5.92 Å². The third-order valence-corrected chi connectivity index (χ3v) is 6.38. The van der Waals surface area contributed by atoms with Crippen molar-refractivity contribution >= 4 is 41.2 Å². The zero-order valence-electron chi connectivity index (χ0n) is 12.0. The van der Waals surface area contributed by atoms with Crippen LogP contribution < -0.4 is 0 Å². The molecule has 0 atom stereocenters. The first kappa shape index (κ1) is 18.7. The number of aryl methyl sites for hydroxylation is 1. The topological polar surface area (TPSA) is 86.1 Å². The molecule has 0 aromatic carbocycles. The van der Waals surface area contributed by atoms with E-state index in [9.17, 15) is 16.8 Å². The molecule has 0 spiro atoms. The second-order valence-electron chi connectivity index (χ2n) is 5.06. The van der Waals surface area contributed by atoms with E-state index in [0.717, 1.165) is 0 Å². The molecule has 6 nitrogen and oxygen atoms in total. The number of nitrogens with zero attached hydrogens (tertiary/aromatic N) is 2. The van der Waals surface area contributed by atoms with Crippen molar-refractivity contribution in [2.45, 2.75) is 38.6 Å². The summed E-state index contributed by atoms with van der Waals surface area (Å²) in [5.41, 5.74) is 0.263. The van der Waals surface area contributed by atoms with E-state index >= 15 is 0 Å². The Balaban J connectivity index is 3.21. The lowest BCUT2D eigenvalue weighted by molar-refractivity contribution is 0.573. The van der Waals surface area contributed by atoms with Gasteiger partial charge in [0.05, 0.1) is 18.0 Å². The van der Waals surface area contributed by atoms with Crippen molar-refractivity contribution in [3.05, 3.63) is 10.8 Å². The van der Waals surface area contributed by atoms with Crippen LogP contribution in [-0.4, -0.2) is 38.1 Å². The molecule has 0 amide bonds. The Morgan fingerprint density at radius 1 is 1.24 bits per heavy atom. The van der Waals surface area contributed by atoms with Gasteiger partial charge in [-0.2, -0.15) is 5.10 Å². The summed E-state index contributed by atoms with van der Waals surface area (Å²) in [6.45, 7) is 5.34. The van der Waals surface area contributed by atoms with Crippen molar-refractivity contribution in [2.75, 3.05) is 11.5 Å². The molecule has 0 aliphatic heterocycles. The van der Waals surface area contributed by atoms with Gasteiger partial charge in [0.2, 0.25) is 0 Å². The molecule has 0 radical (unpaired) electrons. The minimum absolute atomic E-state index is 0.00536. The zero-order valence-corrected chi connectivity index (χ0v) is 15.2. The summed E-state index contributed by atoms with van der Waals surface area (Å²) < 4.78 is 47.5. The number of halogens is 2. The average Bonchev–Trinajstić information content (AvgIpc) is 2.62. The standard InChI is InChI=1S/C11H18Cl2N2O4S2/c1-4-20(16,17)6-5-15-11(12)10(21(13,18)19)9(14-15)7-8(2)3/h8H,4-7H2,1-3H3. The zero-order chi connectivity index (χ0) is 16.4. The average molecular weight is 377 g/mol. The van der Waals surface area contributed by atoms with Crippen molar-refractivity contribution in [3.8, 4) is 0 Å². The van der Waals surface area contributed by atoms with E-state index in [1.54, 1.807) is 6.92 Å². The van der Waals surface area contributed by atoms with Crippen LogP contribution in [0.4, 0.5) is 0 Å². The summed E-state index contributed by atoms with van der Waals surface area (Å²) in [7, 11) is -1.84. The van der Waals surface area contributed by atoms with Crippen molar-refractivity contribution in [1.82, 2.24) is 9.78 Å². The lowest BCUT2D eigenvalue weighted by atomic mass is 10.1.